The molecule has 5 rings (SSSR count). The Labute approximate surface area is 223 Å². The van der Waals surface area contributed by atoms with Gasteiger partial charge >= 0.3 is 7.80 Å². The Kier molecular flexibility index (Phi) is 13.1. The largest absolute Gasteiger partial charge is 0.380 e. The standard InChI is InChI=1S/C25H39OP2.C5H10.Fe/c1-20(24-18-11-19-25(24)28(26)23-16-9-4-10-17-23)27(21-12-5-2-6-13-21)22-14-7-3-8-15-22;1-2-4-5-3-1;/h4,9-10,16-17,20-22,24-25H,2-3,5-8,11-15,18-19H2,1H3;1-5H2;/q+1;;/t20-,24?,25?;;/m1../s1. The van der Waals surface area contributed by atoms with E-state index in [2.05, 4.69) is 31.2 Å². The predicted octanol–water partition coefficient (Wildman–Crippen LogP) is 9.79. The zero-order valence-corrected chi connectivity index (χ0v) is 24.6. The summed E-state index contributed by atoms with van der Waals surface area (Å²) in [6, 6.07) is 10.4. The van der Waals surface area contributed by atoms with Crippen LogP contribution in [0.25, 0.3) is 0 Å². The fourth-order valence-electron chi connectivity index (χ4n) is 7.42. The molecule has 4 aliphatic rings. The minimum atomic E-state index is -1.25. The second kappa shape index (κ2) is 15.5. The van der Waals surface area contributed by atoms with Crippen molar-refractivity contribution >= 4 is 21.0 Å². The van der Waals surface area contributed by atoms with Gasteiger partial charge in [-0.05, 0) is 74.1 Å². The van der Waals surface area contributed by atoms with E-state index in [9.17, 15) is 4.57 Å². The fourth-order valence-corrected chi connectivity index (χ4v) is 14.2. The first-order valence-electron chi connectivity index (χ1n) is 14.5. The van der Waals surface area contributed by atoms with Gasteiger partial charge in [-0.3, -0.25) is 0 Å². The maximum absolute atomic E-state index is 13.5. The summed E-state index contributed by atoms with van der Waals surface area (Å²) in [6.07, 6.45) is 26.1. The molecule has 0 bridgehead atoms. The van der Waals surface area contributed by atoms with E-state index in [1.54, 1.807) is 0 Å². The van der Waals surface area contributed by atoms with Gasteiger partial charge in [-0.2, -0.15) is 0 Å². The van der Waals surface area contributed by atoms with Crippen molar-refractivity contribution in [1.29, 1.82) is 0 Å². The van der Waals surface area contributed by atoms with Gasteiger partial charge in [0.1, 0.15) is 0 Å². The summed E-state index contributed by atoms with van der Waals surface area (Å²) in [7, 11) is -1.17. The Balaban J connectivity index is 0.000000481. The van der Waals surface area contributed by atoms with Crippen LogP contribution < -0.4 is 5.30 Å². The molecule has 0 N–H and O–H groups in total. The second-order valence-electron chi connectivity index (χ2n) is 11.4. The topological polar surface area (TPSA) is 17.1 Å². The molecule has 4 atom stereocenters. The molecular weight excluding hydrogens is 494 g/mol. The van der Waals surface area contributed by atoms with Gasteiger partial charge in [0.25, 0.3) is 0 Å². The summed E-state index contributed by atoms with van der Waals surface area (Å²) in [5.74, 6) is 0.707. The van der Waals surface area contributed by atoms with Crippen molar-refractivity contribution in [3.63, 3.8) is 0 Å². The quantitative estimate of drug-likeness (QED) is 0.258. The van der Waals surface area contributed by atoms with Crippen molar-refractivity contribution in [2.45, 2.75) is 145 Å². The molecule has 1 aromatic rings. The van der Waals surface area contributed by atoms with E-state index < -0.39 is 7.80 Å². The first kappa shape index (κ1) is 28.8. The van der Waals surface area contributed by atoms with Gasteiger partial charge in [0.2, 0.25) is 0 Å². The number of benzene rings is 1. The van der Waals surface area contributed by atoms with Crippen molar-refractivity contribution in [2.75, 3.05) is 0 Å². The molecule has 192 valence electrons. The normalized spacial score (nSPS) is 27.5. The molecule has 0 heterocycles. The Morgan fingerprint density at radius 2 is 1.15 bits per heavy atom. The molecule has 1 nitrogen and oxygen atoms in total. The molecule has 0 aliphatic heterocycles. The summed E-state index contributed by atoms with van der Waals surface area (Å²) in [5.41, 5.74) is 3.27. The Morgan fingerprint density at radius 3 is 1.65 bits per heavy atom. The van der Waals surface area contributed by atoms with E-state index in [4.69, 9.17) is 0 Å². The average Bonchev–Trinajstić information content (AvgIpc) is 3.61. The van der Waals surface area contributed by atoms with E-state index in [1.807, 2.05) is 6.07 Å². The fraction of sp³-hybridized carbons (Fsp3) is 0.800. The first-order chi connectivity index (χ1) is 16.3. The minimum Gasteiger partial charge on any atom is -0.0970 e. The van der Waals surface area contributed by atoms with Crippen molar-refractivity contribution in [1.82, 2.24) is 0 Å². The second-order valence-corrected chi connectivity index (χ2v) is 16.4. The van der Waals surface area contributed by atoms with Crippen LogP contribution in [0, 0.1) is 5.92 Å². The van der Waals surface area contributed by atoms with Crippen LogP contribution in [0.3, 0.4) is 0 Å². The Hall–Kier alpha value is 0.269. The zero-order chi connectivity index (χ0) is 22.9. The molecule has 3 unspecified atom stereocenters. The van der Waals surface area contributed by atoms with Crippen LogP contribution in [-0.2, 0) is 21.6 Å². The van der Waals surface area contributed by atoms with Crippen molar-refractivity contribution in [3.8, 4) is 0 Å². The smallest absolute Gasteiger partial charge is 0.0970 e. The predicted molar refractivity (Wildman–Crippen MR) is 148 cm³/mol. The first-order valence-corrected chi connectivity index (χ1v) is 17.4. The van der Waals surface area contributed by atoms with E-state index in [0.29, 0.717) is 11.6 Å². The van der Waals surface area contributed by atoms with Crippen molar-refractivity contribution < 1.29 is 21.6 Å². The van der Waals surface area contributed by atoms with Gasteiger partial charge < -0.3 is 0 Å². The monoisotopic (exact) mass is 543 g/mol. The molecular formula is C30H49FeOP2+. The number of rotatable bonds is 6. The van der Waals surface area contributed by atoms with E-state index in [0.717, 1.165) is 22.3 Å². The van der Waals surface area contributed by atoms with Crippen LogP contribution >= 0.6 is 15.7 Å². The van der Waals surface area contributed by atoms with Gasteiger partial charge in [-0.1, -0.05) is 108 Å². The summed E-state index contributed by atoms with van der Waals surface area (Å²) in [4.78, 5) is 0. The maximum atomic E-state index is 13.5. The van der Waals surface area contributed by atoms with Crippen LogP contribution in [0.4, 0.5) is 0 Å². The zero-order valence-electron chi connectivity index (χ0n) is 21.7. The third-order valence-electron chi connectivity index (χ3n) is 9.18. The van der Waals surface area contributed by atoms with Crippen molar-refractivity contribution in [3.05, 3.63) is 30.3 Å². The van der Waals surface area contributed by atoms with Crippen LogP contribution in [0.2, 0.25) is 0 Å². The summed E-state index contributed by atoms with van der Waals surface area (Å²) >= 11 is 0. The van der Waals surface area contributed by atoms with Crippen LogP contribution in [0.15, 0.2) is 30.3 Å². The Morgan fingerprint density at radius 1 is 0.676 bits per heavy atom. The van der Waals surface area contributed by atoms with E-state index in [1.165, 1.54) is 116 Å². The SMILES string of the molecule is C1CCCC1.C[C@H](C1CCCC1[P+](=O)c1ccccc1)P(C1CCCCC1)C1CCCCC1.[Fe]. The number of hydrogen-bond acceptors (Lipinski definition) is 1. The van der Waals surface area contributed by atoms with E-state index >= 15 is 0 Å². The summed E-state index contributed by atoms with van der Waals surface area (Å²) in [6.45, 7) is 2.60. The maximum Gasteiger partial charge on any atom is 0.380 e. The summed E-state index contributed by atoms with van der Waals surface area (Å²) < 4.78 is 13.5. The third-order valence-corrected chi connectivity index (χ3v) is 15.3. The average molecular weight is 544 g/mol. The minimum absolute atomic E-state index is 0. The van der Waals surface area contributed by atoms with Gasteiger partial charge in [0.15, 0.2) is 11.0 Å². The molecule has 0 aromatic heterocycles. The van der Waals surface area contributed by atoms with Crippen molar-refractivity contribution in [2.24, 2.45) is 5.92 Å². The molecule has 0 radical (unpaired) electrons. The molecule has 4 aliphatic carbocycles. The molecule has 4 saturated carbocycles. The van der Waals surface area contributed by atoms with Gasteiger partial charge in [0.05, 0.1) is 0 Å². The van der Waals surface area contributed by atoms with Crippen LogP contribution in [0.1, 0.15) is 122 Å². The van der Waals surface area contributed by atoms with Crippen LogP contribution in [0.5, 0.6) is 0 Å². The van der Waals surface area contributed by atoms with E-state index in [-0.39, 0.29) is 25.0 Å². The molecule has 1 aromatic carbocycles. The van der Waals surface area contributed by atoms with Crippen LogP contribution in [-0.4, -0.2) is 22.6 Å². The third kappa shape index (κ3) is 7.88. The Bertz CT molecular complexity index is 669. The molecule has 0 spiro atoms. The number of hydrogen-bond donors (Lipinski definition) is 0. The van der Waals surface area contributed by atoms with Gasteiger partial charge in [-0.15, -0.1) is 0 Å². The molecule has 34 heavy (non-hydrogen) atoms. The summed E-state index contributed by atoms with van der Waals surface area (Å²) in [5, 5.41) is 1.10. The molecule has 0 saturated heterocycles. The van der Waals surface area contributed by atoms with Gasteiger partial charge in [0, 0.05) is 23.0 Å². The molecule has 4 heteroatoms. The van der Waals surface area contributed by atoms with Gasteiger partial charge in [-0.25, -0.2) is 0 Å². The molecule has 0 amide bonds. The molecule has 4 fully saturated rings.